The van der Waals surface area contributed by atoms with E-state index in [0.29, 0.717) is 31.2 Å². The van der Waals surface area contributed by atoms with Crippen LogP contribution in [0.15, 0.2) is 54.6 Å². The van der Waals surface area contributed by atoms with Crippen LogP contribution in [0.2, 0.25) is 0 Å². The largest absolute Gasteiger partial charge is 0.494 e. The molecule has 2 fully saturated rings. The van der Waals surface area contributed by atoms with Crippen LogP contribution in [0.3, 0.4) is 0 Å². The SMILES string of the molecule is CN(C)C(=O)c1ccc(OCCC2CC23CCN(S(=O)(=O)C(C)(C)c2ccccc2)CC3)cc1. The molecule has 1 aliphatic heterocycles. The second kappa shape index (κ2) is 9.34. The molecule has 1 saturated heterocycles. The molecule has 184 valence electrons. The molecular weight excluding hydrogens is 448 g/mol. The highest BCUT2D eigenvalue weighted by Crippen LogP contribution is 2.61. The molecule has 1 spiro atoms. The van der Waals surface area contributed by atoms with Gasteiger partial charge in [-0.05, 0) is 80.7 Å². The molecule has 0 bridgehead atoms. The average molecular weight is 485 g/mol. The molecule has 1 saturated carbocycles. The maximum atomic E-state index is 13.4. The Kier molecular flexibility index (Phi) is 6.80. The summed E-state index contributed by atoms with van der Waals surface area (Å²) in [7, 11) is 0.0357. The molecule has 2 aromatic rings. The molecule has 1 atom stereocenters. The van der Waals surface area contributed by atoms with Crippen LogP contribution in [-0.4, -0.2) is 57.3 Å². The summed E-state index contributed by atoms with van der Waals surface area (Å²) in [5.41, 5.74) is 1.75. The van der Waals surface area contributed by atoms with Crippen LogP contribution in [0, 0.1) is 11.3 Å². The van der Waals surface area contributed by atoms with E-state index in [1.54, 1.807) is 35.4 Å². The number of hydrogen-bond donors (Lipinski definition) is 0. The number of amides is 1. The summed E-state index contributed by atoms with van der Waals surface area (Å²) < 4.78 is 33.6. The van der Waals surface area contributed by atoms with Gasteiger partial charge in [-0.3, -0.25) is 4.79 Å². The minimum Gasteiger partial charge on any atom is -0.494 e. The third-order valence-electron chi connectivity index (χ3n) is 7.77. The summed E-state index contributed by atoms with van der Waals surface area (Å²) in [6.07, 6.45) is 3.97. The zero-order valence-corrected chi connectivity index (χ0v) is 21.5. The lowest BCUT2D eigenvalue weighted by atomic mass is 9.91. The van der Waals surface area contributed by atoms with E-state index in [9.17, 15) is 13.2 Å². The Morgan fingerprint density at radius 3 is 2.26 bits per heavy atom. The van der Waals surface area contributed by atoms with Gasteiger partial charge in [-0.2, -0.15) is 0 Å². The number of rotatable bonds is 8. The minimum atomic E-state index is -3.44. The number of sulfonamides is 1. The van der Waals surface area contributed by atoms with Gasteiger partial charge in [-0.1, -0.05) is 30.3 Å². The summed E-state index contributed by atoms with van der Waals surface area (Å²) in [6.45, 7) is 5.44. The second-order valence-electron chi connectivity index (χ2n) is 10.4. The van der Waals surface area contributed by atoms with Crippen molar-refractivity contribution in [3.8, 4) is 5.75 Å². The van der Waals surface area contributed by atoms with E-state index >= 15 is 0 Å². The number of benzene rings is 2. The molecule has 1 amide bonds. The summed E-state index contributed by atoms with van der Waals surface area (Å²) >= 11 is 0. The lowest BCUT2D eigenvalue weighted by Crippen LogP contribution is -2.47. The molecule has 1 unspecified atom stereocenters. The summed E-state index contributed by atoms with van der Waals surface area (Å²) in [4.78, 5) is 13.6. The molecule has 4 rings (SSSR count). The summed E-state index contributed by atoms with van der Waals surface area (Å²) in [6, 6.07) is 16.8. The van der Waals surface area contributed by atoms with E-state index in [0.717, 1.165) is 37.0 Å². The van der Waals surface area contributed by atoms with Crippen molar-refractivity contribution >= 4 is 15.9 Å². The molecule has 1 aliphatic carbocycles. The molecule has 2 aliphatic rings. The topological polar surface area (TPSA) is 66.9 Å². The molecule has 2 aromatic carbocycles. The lowest BCUT2D eigenvalue weighted by Gasteiger charge is -2.37. The molecule has 6 nitrogen and oxygen atoms in total. The van der Waals surface area contributed by atoms with Crippen LogP contribution < -0.4 is 4.74 Å². The number of carbonyl (C=O) groups excluding carboxylic acids is 1. The highest BCUT2D eigenvalue weighted by atomic mass is 32.2. The predicted octanol–water partition coefficient (Wildman–Crippen LogP) is 4.52. The molecular formula is C27H36N2O4S. The van der Waals surface area contributed by atoms with Crippen molar-refractivity contribution in [2.24, 2.45) is 11.3 Å². The lowest BCUT2D eigenvalue weighted by molar-refractivity contribution is 0.0827. The van der Waals surface area contributed by atoms with Crippen molar-refractivity contribution in [3.63, 3.8) is 0 Å². The van der Waals surface area contributed by atoms with Gasteiger partial charge in [0.15, 0.2) is 0 Å². The molecule has 1 heterocycles. The first kappa shape index (κ1) is 24.7. The zero-order chi connectivity index (χ0) is 24.6. The fourth-order valence-corrected chi connectivity index (χ4v) is 6.95. The van der Waals surface area contributed by atoms with Gasteiger partial charge in [0, 0.05) is 32.7 Å². The first-order valence-electron chi connectivity index (χ1n) is 12.1. The molecule has 0 aromatic heterocycles. The summed E-state index contributed by atoms with van der Waals surface area (Å²) in [5, 5.41) is 0. The van der Waals surface area contributed by atoms with Gasteiger partial charge in [0.1, 0.15) is 10.5 Å². The van der Waals surface area contributed by atoms with Crippen LogP contribution in [0.25, 0.3) is 0 Å². The van der Waals surface area contributed by atoms with Gasteiger partial charge in [-0.25, -0.2) is 12.7 Å². The fourth-order valence-electron chi connectivity index (χ4n) is 5.21. The van der Waals surface area contributed by atoms with Gasteiger partial charge < -0.3 is 9.64 Å². The van der Waals surface area contributed by atoms with Crippen molar-refractivity contribution in [1.29, 1.82) is 0 Å². The Hall–Kier alpha value is -2.38. The Morgan fingerprint density at radius 1 is 1.06 bits per heavy atom. The van der Waals surface area contributed by atoms with Gasteiger partial charge in [-0.15, -0.1) is 0 Å². The fraction of sp³-hybridized carbons (Fsp3) is 0.519. The van der Waals surface area contributed by atoms with Crippen molar-refractivity contribution in [1.82, 2.24) is 9.21 Å². The van der Waals surface area contributed by atoms with Gasteiger partial charge in [0.25, 0.3) is 5.91 Å². The molecule has 34 heavy (non-hydrogen) atoms. The van der Waals surface area contributed by atoms with Crippen molar-refractivity contribution in [2.45, 2.75) is 44.3 Å². The maximum Gasteiger partial charge on any atom is 0.253 e. The monoisotopic (exact) mass is 484 g/mol. The van der Waals surface area contributed by atoms with E-state index in [4.69, 9.17) is 4.74 Å². The predicted molar refractivity (Wildman–Crippen MR) is 134 cm³/mol. The normalized spacial score (nSPS) is 20.2. The third kappa shape index (κ3) is 4.73. The Balaban J connectivity index is 1.26. The van der Waals surface area contributed by atoms with Gasteiger partial charge in [0.05, 0.1) is 6.61 Å². The van der Waals surface area contributed by atoms with Crippen LogP contribution >= 0.6 is 0 Å². The summed E-state index contributed by atoms with van der Waals surface area (Å²) in [5.74, 6) is 1.34. The highest BCUT2D eigenvalue weighted by molar-refractivity contribution is 7.90. The Labute approximate surface area is 204 Å². The quantitative estimate of drug-likeness (QED) is 0.552. The second-order valence-corrected chi connectivity index (χ2v) is 12.9. The molecule has 7 heteroatoms. The number of ether oxygens (including phenoxy) is 1. The number of hydrogen-bond acceptors (Lipinski definition) is 4. The van der Waals surface area contributed by atoms with Crippen LogP contribution in [0.5, 0.6) is 5.75 Å². The van der Waals surface area contributed by atoms with Crippen molar-refractivity contribution in [2.75, 3.05) is 33.8 Å². The van der Waals surface area contributed by atoms with E-state index < -0.39 is 14.8 Å². The Bertz CT molecular complexity index is 1100. The van der Waals surface area contributed by atoms with Crippen LogP contribution in [0.1, 0.15) is 55.5 Å². The number of nitrogens with zero attached hydrogens (tertiary/aromatic N) is 2. The minimum absolute atomic E-state index is 0.0213. The number of piperidine rings is 1. The standard InChI is InChI=1S/C27H36N2O4S/c1-26(2,22-8-6-5-7-9-22)34(31,32)29-17-15-27(16-18-29)20-23(27)14-19-33-24-12-10-21(11-13-24)25(30)28(3)4/h5-13,23H,14-20H2,1-4H3. The highest BCUT2D eigenvalue weighted by Gasteiger charge is 2.56. The smallest absolute Gasteiger partial charge is 0.253 e. The average Bonchev–Trinajstić information content (AvgIpc) is 3.50. The molecule has 0 radical (unpaired) electrons. The van der Waals surface area contributed by atoms with Crippen molar-refractivity contribution in [3.05, 3.63) is 65.7 Å². The number of carbonyl (C=O) groups is 1. The van der Waals surface area contributed by atoms with Crippen LogP contribution in [-0.2, 0) is 14.8 Å². The van der Waals surface area contributed by atoms with E-state index in [1.165, 1.54) is 0 Å². The third-order valence-corrected chi connectivity index (χ3v) is 10.3. The van der Waals surface area contributed by atoms with E-state index in [2.05, 4.69) is 0 Å². The van der Waals surface area contributed by atoms with Gasteiger partial charge >= 0.3 is 0 Å². The Morgan fingerprint density at radius 2 is 1.68 bits per heavy atom. The van der Waals surface area contributed by atoms with E-state index in [-0.39, 0.29) is 11.3 Å². The van der Waals surface area contributed by atoms with Gasteiger partial charge in [0.2, 0.25) is 10.0 Å². The first-order valence-corrected chi connectivity index (χ1v) is 13.5. The van der Waals surface area contributed by atoms with Crippen molar-refractivity contribution < 1.29 is 17.9 Å². The van der Waals surface area contributed by atoms with E-state index in [1.807, 2.05) is 56.3 Å². The molecule has 0 N–H and O–H groups in total. The first-order chi connectivity index (χ1) is 16.1. The maximum absolute atomic E-state index is 13.4. The van der Waals surface area contributed by atoms with Crippen LogP contribution in [0.4, 0.5) is 0 Å². The zero-order valence-electron chi connectivity index (χ0n) is 20.7.